The van der Waals surface area contributed by atoms with Crippen LogP contribution in [0.4, 0.5) is 17.6 Å². The molecule has 226 valence electrons. The molecule has 1 aromatic carbocycles. The van der Waals surface area contributed by atoms with E-state index in [2.05, 4.69) is 11.6 Å². The molecule has 0 amide bonds. The van der Waals surface area contributed by atoms with Crippen LogP contribution in [-0.2, 0) is 27.1 Å². The number of nitrogens with zero attached hydrogens (tertiary/aromatic N) is 1. The van der Waals surface area contributed by atoms with Crippen LogP contribution in [0.2, 0.25) is 0 Å². The van der Waals surface area contributed by atoms with Gasteiger partial charge in [-0.2, -0.15) is 13.2 Å². The van der Waals surface area contributed by atoms with E-state index < -0.39 is 23.2 Å². The summed E-state index contributed by atoms with van der Waals surface area (Å²) in [6, 6.07) is 4.43. The van der Waals surface area contributed by atoms with Crippen LogP contribution in [0.3, 0.4) is 0 Å². The molecule has 3 atom stereocenters. The highest BCUT2D eigenvalue weighted by molar-refractivity contribution is 5.79. The minimum Gasteiger partial charge on any atom is -0.489 e. The van der Waals surface area contributed by atoms with E-state index in [0.717, 1.165) is 29.5 Å². The molecular weight excluding hydrogens is 554 g/mol. The number of pyridine rings is 1. The maximum Gasteiger partial charge on any atom is 0.417 e. The first kappa shape index (κ1) is 31.3. The average Bonchev–Trinajstić information content (AvgIpc) is 3.49. The van der Waals surface area contributed by atoms with Crippen LogP contribution in [0.5, 0.6) is 5.88 Å². The van der Waals surface area contributed by atoms with Gasteiger partial charge in [0.1, 0.15) is 18.2 Å². The van der Waals surface area contributed by atoms with E-state index in [4.69, 9.17) is 14.2 Å². The van der Waals surface area contributed by atoms with Crippen LogP contribution in [-0.4, -0.2) is 34.9 Å². The highest BCUT2D eigenvalue weighted by atomic mass is 19.4. The van der Waals surface area contributed by atoms with Crippen molar-refractivity contribution in [2.24, 2.45) is 17.8 Å². The van der Waals surface area contributed by atoms with Gasteiger partial charge in [0.25, 0.3) is 0 Å². The Hall–Kier alpha value is -3.66. The molecule has 4 rings (SSSR count). The van der Waals surface area contributed by atoms with Gasteiger partial charge in [-0.15, -0.1) is 0 Å². The Morgan fingerprint density at radius 2 is 1.95 bits per heavy atom. The van der Waals surface area contributed by atoms with Gasteiger partial charge in [0.05, 0.1) is 30.3 Å². The number of esters is 1. The first-order chi connectivity index (χ1) is 19.7. The minimum absolute atomic E-state index is 0.0198. The number of benzene rings is 1. The van der Waals surface area contributed by atoms with Gasteiger partial charge in [0.2, 0.25) is 5.88 Å². The predicted molar refractivity (Wildman–Crippen MR) is 149 cm³/mol. The molecule has 10 heteroatoms. The van der Waals surface area contributed by atoms with E-state index in [0.29, 0.717) is 13.0 Å². The number of ether oxygens (including phenoxy) is 3. The first-order valence-corrected chi connectivity index (χ1v) is 13.8. The molecule has 2 aromatic rings. The molecule has 3 unspecified atom stereocenters. The molecule has 0 aliphatic heterocycles. The standard InChI is InChI=1S/C32H35F4NO5/c1-6-22-20(14-23-28(22)29(23)30(38)40-7-2)12-18(3)42-17-21-13-19(8-9-26(21)33)24-16-37-27(15-25(24)32(34,35)36)41-11-10-31(4,5)39/h6,8-9,12-13,15-16,23,28-29,39H,3,7,10-11,14,17H2,1-2,4-5H3/b20-12-,22-6+. The largest absolute Gasteiger partial charge is 0.489 e. The van der Waals surface area contributed by atoms with Gasteiger partial charge in [-0.05, 0) is 75.0 Å². The zero-order valence-corrected chi connectivity index (χ0v) is 24.1. The van der Waals surface area contributed by atoms with Gasteiger partial charge >= 0.3 is 12.1 Å². The fraction of sp³-hybridized carbons (Fsp3) is 0.438. The van der Waals surface area contributed by atoms with E-state index >= 15 is 0 Å². The average molecular weight is 590 g/mol. The predicted octanol–water partition coefficient (Wildman–Crippen LogP) is 7.18. The number of aliphatic hydroxyl groups is 1. The molecule has 6 nitrogen and oxygen atoms in total. The van der Waals surface area contributed by atoms with Gasteiger partial charge < -0.3 is 19.3 Å². The molecule has 0 spiro atoms. The van der Waals surface area contributed by atoms with Crippen molar-refractivity contribution in [1.29, 1.82) is 0 Å². The maximum atomic E-state index is 14.7. The Morgan fingerprint density at radius 3 is 2.60 bits per heavy atom. The van der Waals surface area contributed by atoms with Crippen molar-refractivity contribution in [2.45, 2.75) is 58.9 Å². The van der Waals surface area contributed by atoms with E-state index in [9.17, 15) is 27.5 Å². The van der Waals surface area contributed by atoms with Crippen molar-refractivity contribution >= 4 is 5.97 Å². The van der Waals surface area contributed by atoms with Crippen molar-refractivity contribution in [1.82, 2.24) is 4.98 Å². The molecule has 42 heavy (non-hydrogen) atoms. The van der Waals surface area contributed by atoms with Crippen molar-refractivity contribution in [3.63, 3.8) is 0 Å². The molecule has 2 saturated carbocycles. The summed E-state index contributed by atoms with van der Waals surface area (Å²) in [6.45, 7) is 10.8. The first-order valence-electron chi connectivity index (χ1n) is 13.8. The summed E-state index contributed by atoms with van der Waals surface area (Å²) >= 11 is 0. The van der Waals surface area contributed by atoms with Crippen LogP contribution in [0.25, 0.3) is 11.1 Å². The summed E-state index contributed by atoms with van der Waals surface area (Å²) in [4.78, 5) is 16.2. The van der Waals surface area contributed by atoms with Gasteiger partial charge in [-0.25, -0.2) is 9.37 Å². The maximum absolute atomic E-state index is 14.7. The van der Waals surface area contributed by atoms with Crippen LogP contribution < -0.4 is 4.74 Å². The molecule has 2 fully saturated rings. The third-order valence-electron chi connectivity index (χ3n) is 7.48. The molecular formula is C32H35F4NO5. The molecule has 1 N–H and O–H groups in total. The smallest absolute Gasteiger partial charge is 0.417 e. The van der Waals surface area contributed by atoms with Crippen LogP contribution >= 0.6 is 0 Å². The molecule has 0 radical (unpaired) electrons. The topological polar surface area (TPSA) is 77.9 Å². The zero-order chi connectivity index (χ0) is 30.8. The second-order valence-corrected chi connectivity index (χ2v) is 11.1. The number of aromatic nitrogens is 1. The normalized spacial score (nSPS) is 21.8. The lowest BCUT2D eigenvalue weighted by atomic mass is 9.99. The van der Waals surface area contributed by atoms with Crippen molar-refractivity contribution in [3.8, 4) is 17.0 Å². The summed E-state index contributed by atoms with van der Waals surface area (Å²) in [7, 11) is 0. The van der Waals surface area contributed by atoms with E-state index in [1.807, 2.05) is 13.0 Å². The van der Waals surface area contributed by atoms with Gasteiger partial charge in [-0.3, -0.25) is 4.79 Å². The second-order valence-electron chi connectivity index (χ2n) is 11.1. The number of carbonyl (C=O) groups excluding carboxylic acids is 1. The Morgan fingerprint density at radius 1 is 1.21 bits per heavy atom. The third-order valence-corrected chi connectivity index (χ3v) is 7.48. The Kier molecular flexibility index (Phi) is 9.15. The Balaban J connectivity index is 1.46. The number of halogens is 4. The van der Waals surface area contributed by atoms with Crippen LogP contribution in [0.15, 0.2) is 66.1 Å². The van der Waals surface area contributed by atoms with Gasteiger partial charge in [0, 0.05) is 35.7 Å². The zero-order valence-electron chi connectivity index (χ0n) is 24.1. The van der Waals surface area contributed by atoms with Crippen molar-refractivity contribution in [3.05, 3.63) is 83.0 Å². The molecule has 1 heterocycles. The third kappa shape index (κ3) is 7.21. The number of carbonyl (C=O) groups is 1. The highest BCUT2D eigenvalue weighted by Gasteiger charge is 2.61. The molecule has 2 aliphatic rings. The SMILES string of the molecule is C=C(/C=C1/CC2C(C(=O)OCC)C2/C1=C/C)OCc1cc(-c2cnc(OCCC(C)(C)O)cc2C(F)(F)F)ccc1F. The molecule has 0 bridgehead atoms. The number of hydrogen-bond acceptors (Lipinski definition) is 6. The lowest BCUT2D eigenvalue weighted by Crippen LogP contribution is -2.22. The number of alkyl halides is 3. The lowest BCUT2D eigenvalue weighted by molar-refractivity contribution is -0.145. The second kappa shape index (κ2) is 12.3. The van der Waals surface area contributed by atoms with Crippen LogP contribution in [0, 0.1) is 23.6 Å². The van der Waals surface area contributed by atoms with Crippen molar-refractivity contribution < 1.29 is 41.7 Å². The molecule has 0 saturated heterocycles. The highest BCUT2D eigenvalue weighted by Crippen LogP contribution is 2.62. The van der Waals surface area contributed by atoms with Gasteiger partial charge in [0.15, 0.2) is 0 Å². The Bertz CT molecular complexity index is 1410. The fourth-order valence-corrected chi connectivity index (χ4v) is 5.36. The summed E-state index contributed by atoms with van der Waals surface area (Å²) < 4.78 is 72.8. The Labute approximate surface area is 242 Å². The summed E-state index contributed by atoms with van der Waals surface area (Å²) in [5.74, 6) is -0.634. The molecule has 2 aliphatic carbocycles. The quantitative estimate of drug-likeness (QED) is 0.170. The van der Waals surface area contributed by atoms with Crippen molar-refractivity contribution in [2.75, 3.05) is 13.2 Å². The summed E-state index contributed by atoms with van der Waals surface area (Å²) in [5, 5.41) is 9.80. The number of fused-ring (bicyclic) bond motifs is 1. The lowest BCUT2D eigenvalue weighted by Gasteiger charge is -2.18. The minimum atomic E-state index is -4.73. The monoisotopic (exact) mass is 589 g/mol. The van der Waals surface area contributed by atoms with E-state index in [1.165, 1.54) is 12.1 Å². The summed E-state index contributed by atoms with van der Waals surface area (Å²) in [6.07, 6.45) is 0.904. The fourth-order valence-electron chi connectivity index (χ4n) is 5.36. The number of hydrogen-bond donors (Lipinski definition) is 1. The number of allylic oxidation sites excluding steroid dienone is 4. The van der Waals surface area contributed by atoms with E-state index in [1.54, 1.807) is 26.8 Å². The molecule has 1 aromatic heterocycles. The van der Waals surface area contributed by atoms with E-state index in [-0.39, 0.29) is 71.7 Å². The summed E-state index contributed by atoms with van der Waals surface area (Å²) in [5.41, 5.74) is -0.0799. The number of rotatable bonds is 11. The van der Waals surface area contributed by atoms with Gasteiger partial charge in [-0.1, -0.05) is 18.7 Å². The van der Waals surface area contributed by atoms with Crippen LogP contribution in [0.1, 0.15) is 51.7 Å².